The Morgan fingerprint density at radius 3 is 2.74 bits per heavy atom. The second kappa shape index (κ2) is 7.69. The number of carbonyl (C=O) groups is 2. The predicted molar refractivity (Wildman–Crippen MR) is 105 cm³/mol. The normalized spacial score (nSPS) is 14.6. The van der Waals surface area contributed by atoms with Crippen molar-refractivity contribution in [3.63, 3.8) is 0 Å². The molecule has 3 rings (SSSR count). The first-order chi connectivity index (χ1) is 12.8. The van der Waals surface area contributed by atoms with Crippen LogP contribution in [0.1, 0.15) is 15.9 Å². The van der Waals surface area contributed by atoms with Crippen LogP contribution in [-0.4, -0.2) is 44.8 Å². The summed E-state index contributed by atoms with van der Waals surface area (Å²) >= 11 is 3.33. The second-order valence-corrected chi connectivity index (χ2v) is 8.73. The number of aryl methyl sites for hydroxylation is 1. The number of benzene rings is 2. The van der Waals surface area contributed by atoms with E-state index in [1.165, 1.54) is 29.2 Å². The molecule has 2 amide bonds. The number of sulfonamides is 1. The zero-order chi connectivity index (χ0) is 19.6. The summed E-state index contributed by atoms with van der Waals surface area (Å²) in [6.07, 6.45) is 0. The van der Waals surface area contributed by atoms with Crippen LogP contribution in [0, 0.1) is 6.92 Å². The molecule has 1 aliphatic rings. The molecule has 2 aromatic rings. The van der Waals surface area contributed by atoms with Crippen LogP contribution in [0.15, 0.2) is 51.8 Å². The highest BCUT2D eigenvalue weighted by molar-refractivity contribution is 9.10. The molecular weight excluding hydrogens is 434 g/mol. The second-order valence-electron chi connectivity index (χ2n) is 6.19. The molecule has 0 aromatic heterocycles. The first-order valence-corrected chi connectivity index (χ1v) is 10.5. The number of rotatable bonds is 4. The average molecular weight is 452 g/mol. The molecule has 0 saturated carbocycles. The molecule has 0 spiro atoms. The van der Waals surface area contributed by atoms with Gasteiger partial charge in [0.05, 0.1) is 17.1 Å². The largest absolute Gasteiger partial charge is 0.353 e. The lowest BCUT2D eigenvalue weighted by atomic mass is 10.2. The summed E-state index contributed by atoms with van der Waals surface area (Å²) in [6, 6.07) is 11.1. The van der Waals surface area contributed by atoms with E-state index in [2.05, 4.69) is 26.0 Å². The Morgan fingerprint density at radius 1 is 1.22 bits per heavy atom. The molecule has 1 saturated heterocycles. The number of nitrogens with zero attached hydrogens (tertiary/aromatic N) is 1. The third-order valence-corrected chi connectivity index (χ3v) is 6.14. The smallest absolute Gasteiger partial charge is 0.261 e. The zero-order valence-corrected chi connectivity index (χ0v) is 16.9. The minimum Gasteiger partial charge on any atom is -0.353 e. The number of piperazine rings is 1. The van der Waals surface area contributed by atoms with Crippen LogP contribution in [0.4, 0.5) is 5.69 Å². The SMILES string of the molecule is Cc1ccc(Br)c(NS(=O)(=O)c2cccc(C(=O)N3CCNC(=O)C3)c2)c1. The molecule has 1 heterocycles. The van der Waals surface area contributed by atoms with Crippen LogP contribution < -0.4 is 10.0 Å². The van der Waals surface area contributed by atoms with E-state index in [1.54, 1.807) is 12.1 Å². The van der Waals surface area contributed by atoms with Crippen LogP contribution in [0.5, 0.6) is 0 Å². The molecule has 0 aliphatic carbocycles. The van der Waals surface area contributed by atoms with E-state index in [4.69, 9.17) is 0 Å². The molecule has 2 aromatic carbocycles. The highest BCUT2D eigenvalue weighted by atomic mass is 79.9. The van der Waals surface area contributed by atoms with Crippen molar-refractivity contribution >= 4 is 43.5 Å². The van der Waals surface area contributed by atoms with E-state index in [0.29, 0.717) is 23.2 Å². The fourth-order valence-electron chi connectivity index (χ4n) is 2.71. The zero-order valence-electron chi connectivity index (χ0n) is 14.5. The molecule has 142 valence electrons. The number of anilines is 1. The molecule has 0 unspecified atom stereocenters. The molecule has 2 N–H and O–H groups in total. The summed E-state index contributed by atoms with van der Waals surface area (Å²) < 4.78 is 28.6. The van der Waals surface area contributed by atoms with E-state index in [1.807, 2.05) is 13.0 Å². The third kappa shape index (κ3) is 4.48. The van der Waals surface area contributed by atoms with Crippen molar-refractivity contribution in [1.82, 2.24) is 10.2 Å². The van der Waals surface area contributed by atoms with Gasteiger partial charge in [0.1, 0.15) is 0 Å². The van der Waals surface area contributed by atoms with Crippen LogP contribution in [0.25, 0.3) is 0 Å². The number of nitrogens with one attached hydrogen (secondary N) is 2. The van der Waals surface area contributed by atoms with Gasteiger partial charge in [-0.2, -0.15) is 0 Å². The van der Waals surface area contributed by atoms with Crippen molar-refractivity contribution in [2.75, 3.05) is 24.4 Å². The van der Waals surface area contributed by atoms with Gasteiger partial charge in [-0.25, -0.2) is 8.42 Å². The average Bonchev–Trinajstić information content (AvgIpc) is 2.64. The molecule has 0 radical (unpaired) electrons. The summed E-state index contributed by atoms with van der Waals surface area (Å²) in [7, 11) is -3.88. The standard InChI is InChI=1S/C18H18BrN3O4S/c1-12-5-6-15(19)16(9-12)21-27(25,26)14-4-2-3-13(10-14)18(24)22-8-7-20-17(23)11-22/h2-6,9-10,21H,7-8,11H2,1H3,(H,20,23). The van der Waals surface area contributed by atoms with Gasteiger partial charge < -0.3 is 10.2 Å². The van der Waals surface area contributed by atoms with E-state index in [0.717, 1.165) is 5.56 Å². The van der Waals surface area contributed by atoms with Crippen LogP contribution in [0.3, 0.4) is 0 Å². The fourth-order valence-corrected chi connectivity index (χ4v) is 4.30. The Bertz CT molecular complexity index is 1010. The minimum absolute atomic E-state index is 0.0248. The van der Waals surface area contributed by atoms with Gasteiger partial charge in [-0.15, -0.1) is 0 Å². The van der Waals surface area contributed by atoms with Crippen molar-refractivity contribution in [2.24, 2.45) is 0 Å². The Hall–Kier alpha value is -2.39. The quantitative estimate of drug-likeness (QED) is 0.743. The summed E-state index contributed by atoms with van der Waals surface area (Å²) in [5, 5.41) is 2.65. The third-order valence-electron chi connectivity index (χ3n) is 4.08. The molecule has 1 aliphatic heterocycles. The van der Waals surface area contributed by atoms with Crippen LogP contribution in [-0.2, 0) is 14.8 Å². The first-order valence-electron chi connectivity index (χ1n) is 8.21. The molecular formula is C18H18BrN3O4S. The maximum absolute atomic E-state index is 12.7. The van der Waals surface area contributed by atoms with Gasteiger partial charge in [-0.05, 0) is 58.7 Å². The van der Waals surface area contributed by atoms with Crippen molar-refractivity contribution in [3.8, 4) is 0 Å². The molecule has 27 heavy (non-hydrogen) atoms. The number of amides is 2. The summed E-state index contributed by atoms with van der Waals surface area (Å²) in [5.41, 5.74) is 1.54. The van der Waals surface area contributed by atoms with Gasteiger partial charge in [0.25, 0.3) is 15.9 Å². The van der Waals surface area contributed by atoms with Gasteiger partial charge in [0.15, 0.2) is 0 Å². The van der Waals surface area contributed by atoms with Crippen LogP contribution >= 0.6 is 15.9 Å². The monoisotopic (exact) mass is 451 g/mol. The molecule has 1 fully saturated rings. The molecule has 0 bridgehead atoms. The Kier molecular flexibility index (Phi) is 5.52. The van der Waals surface area contributed by atoms with Gasteiger partial charge in [0.2, 0.25) is 5.91 Å². The van der Waals surface area contributed by atoms with Crippen molar-refractivity contribution in [3.05, 3.63) is 58.1 Å². The summed E-state index contributed by atoms with van der Waals surface area (Å²) in [4.78, 5) is 25.5. The van der Waals surface area contributed by atoms with Crippen molar-refractivity contribution in [1.29, 1.82) is 0 Å². The van der Waals surface area contributed by atoms with E-state index in [-0.39, 0.29) is 28.8 Å². The van der Waals surface area contributed by atoms with Gasteiger partial charge >= 0.3 is 0 Å². The Morgan fingerprint density at radius 2 is 2.00 bits per heavy atom. The lowest BCUT2D eigenvalue weighted by Gasteiger charge is -2.26. The summed E-state index contributed by atoms with van der Waals surface area (Å²) in [5.74, 6) is -0.608. The number of hydrogen-bond acceptors (Lipinski definition) is 4. The molecule has 7 nitrogen and oxygen atoms in total. The van der Waals surface area contributed by atoms with Crippen molar-refractivity contribution < 1.29 is 18.0 Å². The van der Waals surface area contributed by atoms with Crippen molar-refractivity contribution in [2.45, 2.75) is 11.8 Å². The van der Waals surface area contributed by atoms with E-state index >= 15 is 0 Å². The summed E-state index contributed by atoms with van der Waals surface area (Å²) in [6.45, 7) is 2.59. The predicted octanol–water partition coefficient (Wildman–Crippen LogP) is 2.13. The number of carbonyl (C=O) groups excluding carboxylic acids is 2. The molecule has 0 atom stereocenters. The van der Waals surface area contributed by atoms with Gasteiger partial charge in [-0.3, -0.25) is 14.3 Å². The number of hydrogen-bond donors (Lipinski definition) is 2. The Labute approximate surface area is 165 Å². The number of halogens is 1. The van der Waals surface area contributed by atoms with E-state index in [9.17, 15) is 18.0 Å². The topological polar surface area (TPSA) is 95.6 Å². The maximum atomic E-state index is 12.7. The first kappa shape index (κ1) is 19.4. The maximum Gasteiger partial charge on any atom is 0.261 e. The van der Waals surface area contributed by atoms with Crippen LogP contribution in [0.2, 0.25) is 0 Å². The lowest BCUT2D eigenvalue weighted by Crippen LogP contribution is -2.49. The van der Waals surface area contributed by atoms with E-state index < -0.39 is 10.0 Å². The van der Waals surface area contributed by atoms with Gasteiger partial charge in [-0.1, -0.05) is 12.1 Å². The molecule has 9 heteroatoms. The highest BCUT2D eigenvalue weighted by Crippen LogP contribution is 2.26. The Balaban J connectivity index is 1.86. The minimum atomic E-state index is -3.88. The lowest BCUT2D eigenvalue weighted by molar-refractivity contribution is -0.123. The highest BCUT2D eigenvalue weighted by Gasteiger charge is 2.24. The van der Waals surface area contributed by atoms with Gasteiger partial charge in [0, 0.05) is 23.1 Å². The fraction of sp³-hybridized carbons (Fsp3) is 0.222.